The molecule has 1 rings (SSSR count). The molecule has 1 aliphatic carbocycles. The van der Waals surface area contributed by atoms with Crippen LogP contribution in [0.5, 0.6) is 0 Å². The molecule has 1 fully saturated rings. The van der Waals surface area contributed by atoms with Crippen LogP contribution in [-0.4, -0.2) is 6.04 Å². The molecule has 2 nitrogen and oxygen atoms in total. The maximum atomic E-state index is 5.41. The third-order valence-corrected chi connectivity index (χ3v) is 3.03. The minimum atomic E-state index is 0.0396. The van der Waals surface area contributed by atoms with E-state index >= 15 is 0 Å². The molecule has 0 aromatic rings. The highest BCUT2D eigenvalue weighted by molar-refractivity contribution is 5.07. The number of rotatable bonds is 2. The summed E-state index contributed by atoms with van der Waals surface area (Å²) in [4.78, 5) is 0. The largest absolute Gasteiger partial charge is 0.270 e. The van der Waals surface area contributed by atoms with Crippen LogP contribution in [-0.2, 0) is 0 Å². The van der Waals surface area contributed by atoms with Gasteiger partial charge in [0.1, 0.15) is 0 Å². The Morgan fingerprint density at radius 1 is 1.42 bits per heavy atom. The highest BCUT2D eigenvalue weighted by Crippen LogP contribution is 2.38. The van der Waals surface area contributed by atoms with E-state index < -0.39 is 0 Å². The predicted molar refractivity (Wildman–Crippen MR) is 51.1 cm³/mol. The lowest BCUT2D eigenvalue weighted by atomic mass is 9.71. The second kappa shape index (κ2) is 3.93. The summed E-state index contributed by atoms with van der Waals surface area (Å²) in [5.41, 5.74) is 2.95. The minimum absolute atomic E-state index is 0.0396. The smallest absolute Gasteiger partial charge is 0.0868 e. The highest BCUT2D eigenvalue weighted by Gasteiger charge is 2.33. The molecule has 1 saturated carbocycles. The molecular weight excluding hydrogens is 148 g/mol. The fourth-order valence-corrected chi connectivity index (χ4v) is 2.10. The van der Waals surface area contributed by atoms with Gasteiger partial charge in [-0.05, 0) is 18.3 Å². The summed E-state index contributed by atoms with van der Waals surface area (Å²) in [6.45, 7) is 2.23. The van der Waals surface area contributed by atoms with Crippen molar-refractivity contribution in [2.75, 3.05) is 0 Å². The number of nitrogens with one attached hydrogen (secondary N) is 1. The Morgan fingerprint density at radius 2 is 2.00 bits per heavy atom. The van der Waals surface area contributed by atoms with Gasteiger partial charge < -0.3 is 0 Å². The van der Waals surface area contributed by atoms with E-state index in [1.54, 1.807) is 0 Å². The van der Waals surface area contributed by atoms with Crippen molar-refractivity contribution in [1.29, 1.82) is 0 Å². The molecule has 0 saturated heterocycles. The van der Waals surface area contributed by atoms with Gasteiger partial charge in [0.05, 0.1) is 6.04 Å². The van der Waals surface area contributed by atoms with Gasteiger partial charge in [0.2, 0.25) is 0 Å². The summed E-state index contributed by atoms with van der Waals surface area (Å²) in [7, 11) is 0. The summed E-state index contributed by atoms with van der Waals surface area (Å²) in [5, 5.41) is 0. The maximum absolute atomic E-state index is 5.41. The number of hydrogen-bond acceptors (Lipinski definition) is 2. The molecule has 0 radical (unpaired) electrons. The van der Waals surface area contributed by atoms with Crippen molar-refractivity contribution in [3.05, 3.63) is 0 Å². The van der Waals surface area contributed by atoms with Crippen LogP contribution in [0.15, 0.2) is 0 Å². The molecule has 0 amide bonds. The average molecular weight is 166 g/mol. The fraction of sp³-hybridized carbons (Fsp3) is 0.800. The molecule has 1 aliphatic rings. The second-order valence-corrected chi connectivity index (χ2v) is 3.98. The van der Waals surface area contributed by atoms with Crippen molar-refractivity contribution in [1.82, 2.24) is 5.43 Å². The van der Waals surface area contributed by atoms with Crippen molar-refractivity contribution in [3.63, 3.8) is 0 Å². The summed E-state index contributed by atoms with van der Waals surface area (Å²) in [6, 6.07) is 0.0396. The number of nitrogens with two attached hydrogens (primary N) is 1. The summed E-state index contributed by atoms with van der Waals surface area (Å²) < 4.78 is 0. The number of terminal acetylenes is 1. The van der Waals surface area contributed by atoms with Gasteiger partial charge in [0.25, 0.3) is 0 Å². The normalized spacial score (nSPS) is 24.4. The van der Waals surface area contributed by atoms with Crippen LogP contribution in [0.3, 0.4) is 0 Å². The topological polar surface area (TPSA) is 38.0 Å². The van der Waals surface area contributed by atoms with Gasteiger partial charge >= 0.3 is 0 Å². The van der Waals surface area contributed by atoms with Crippen molar-refractivity contribution >= 4 is 0 Å². The first-order valence-electron chi connectivity index (χ1n) is 4.65. The van der Waals surface area contributed by atoms with Crippen molar-refractivity contribution in [3.8, 4) is 12.3 Å². The van der Waals surface area contributed by atoms with Gasteiger partial charge in [-0.2, -0.15) is 0 Å². The molecule has 1 unspecified atom stereocenters. The van der Waals surface area contributed by atoms with E-state index in [0.717, 1.165) is 0 Å². The monoisotopic (exact) mass is 166 g/mol. The lowest BCUT2D eigenvalue weighted by molar-refractivity contribution is 0.176. The third-order valence-electron chi connectivity index (χ3n) is 3.03. The van der Waals surface area contributed by atoms with Crippen molar-refractivity contribution in [2.45, 2.75) is 45.1 Å². The van der Waals surface area contributed by atoms with Gasteiger partial charge in [-0.3, -0.25) is 5.84 Å². The van der Waals surface area contributed by atoms with E-state index in [0.29, 0.717) is 0 Å². The maximum Gasteiger partial charge on any atom is 0.0868 e. The van der Waals surface area contributed by atoms with E-state index in [2.05, 4.69) is 18.3 Å². The fourth-order valence-electron chi connectivity index (χ4n) is 2.10. The second-order valence-electron chi connectivity index (χ2n) is 3.98. The SMILES string of the molecule is C#CC(NN)C1(C)CCCCC1. The summed E-state index contributed by atoms with van der Waals surface area (Å²) in [5.74, 6) is 8.13. The third kappa shape index (κ3) is 1.80. The van der Waals surface area contributed by atoms with E-state index in [1.165, 1.54) is 32.1 Å². The Kier molecular flexibility index (Phi) is 3.13. The van der Waals surface area contributed by atoms with E-state index in [4.69, 9.17) is 12.3 Å². The number of hydrazine groups is 1. The molecule has 0 heterocycles. The van der Waals surface area contributed by atoms with Crippen LogP contribution in [0.2, 0.25) is 0 Å². The van der Waals surface area contributed by atoms with Crippen LogP contribution < -0.4 is 11.3 Å². The average Bonchev–Trinajstić information content (AvgIpc) is 2.07. The van der Waals surface area contributed by atoms with Gasteiger partial charge in [0, 0.05) is 0 Å². The molecule has 0 bridgehead atoms. The standard InChI is InChI=1S/C10H18N2/c1-3-9(12-11)10(2)7-5-4-6-8-10/h1,9,12H,4-8,11H2,2H3. The zero-order chi connectivity index (χ0) is 9.03. The Morgan fingerprint density at radius 3 is 2.42 bits per heavy atom. The first-order valence-corrected chi connectivity index (χ1v) is 4.65. The Balaban J connectivity index is 2.61. The van der Waals surface area contributed by atoms with Crippen LogP contribution in [0.4, 0.5) is 0 Å². The Labute approximate surface area is 74.9 Å². The minimum Gasteiger partial charge on any atom is -0.270 e. The zero-order valence-electron chi connectivity index (χ0n) is 7.77. The van der Waals surface area contributed by atoms with Gasteiger partial charge in [-0.25, -0.2) is 5.43 Å². The highest BCUT2D eigenvalue weighted by atomic mass is 15.2. The molecule has 1 atom stereocenters. The first kappa shape index (κ1) is 9.57. The Hall–Kier alpha value is -0.520. The quantitative estimate of drug-likeness (QED) is 0.370. The summed E-state index contributed by atoms with van der Waals surface area (Å²) in [6.07, 6.45) is 11.7. The van der Waals surface area contributed by atoms with Crippen molar-refractivity contribution < 1.29 is 0 Å². The molecule has 2 heteroatoms. The molecule has 0 aromatic carbocycles. The molecule has 0 spiro atoms. The first-order chi connectivity index (χ1) is 5.73. The zero-order valence-corrected chi connectivity index (χ0v) is 7.77. The molecular formula is C10H18N2. The van der Waals surface area contributed by atoms with Gasteiger partial charge in [0.15, 0.2) is 0 Å². The van der Waals surface area contributed by atoms with Gasteiger partial charge in [-0.15, -0.1) is 6.42 Å². The lowest BCUT2D eigenvalue weighted by Gasteiger charge is -2.37. The molecule has 68 valence electrons. The van der Waals surface area contributed by atoms with E-state index in [9.17, 15) is 0 Å². The van der Waals surface area contributed by atoms with Gasteiger partial charge in [-0.1, -0.05) is 32.1 Å². The lowest BCUT2D eigenvalue weighted by Crippen LogP contribution is -2.47. The molecule has 3 N–H and O–H groups in total. The molecule has 0 aliphatic heterocycles. The van der Waals surface area contributed by atoms with Crippen LogP contribution in [0, 0.1) is 17.8 Å². The Bertz CT molecular complexity index is 175. The summed E-state index contributed by atoms with van der Waals surface area (Å²) >= 11 is 0. The van der Waals surface area contributed by atoms with E-state index in [1.807, 2.05) is 0 Å². The van der Waals surface area contributed by atoms with Crippen LogP contribution in [0.25, 0.3) is 0 Å². The van der Waals surface area contributed by atoms with Crippen molar-refractivity contribution in [2.24, 2.45) is 11.3 Å². The number of hydrogen-bond donors (Lipinski definition) is 2. The van der Waals surface area contributed by atoms with Crippen LogP contribution >= 0.6 is 0 Å². The predicted octanol–water partition coefficient (Wildman–Crippen LogP) is 1.42. The van der Waals surface area contributed by atoms with E-state index in [-0.39, 0.29) is 11.5 Å². The molecule has 12 heavy (non-hydrogen) atoms. The molecule has 0 aromatic heterocycles. The van der Waals surface area contributed by atoms with Crippen LogP contribution in [0.1, 0.15) is 39.0 Å².